The highest BCUT2D eigenvalue weighted by molar-refractivity contribution is 7.19. The van der Waals surface area contributed by atoms with E-state index in [1.807, 2.05) is 6.07 Å². The summed E-state index contributed by atoms with van der Waals surface area (Å²) in [7, 11) is 0. The van der Waals surface area contributed by atoms with Gasteiger partial charge in [-0.05, 0) is 25.1 Å². The van der Waals surface area contributed by atoms with E-state index in [1.54, 1.807) is 28.5 Å². The van der Waals surface area contributed by atoms with Crippen molar-refractivity contribution in [2.75, 3.05) is 63.2 Å². The van der Waals surface area contributed by atoms with Crippen LogP contribution in [0, 0.1) is 0 Å². The first-order valence-corrected chi connectivity index (χ1v) is 12.3. The third-order valence-corrected chi connectivity index (χ3v) is 7.48. The SMILES string of the molecule is C[C@H]1CN(C(=O)CO)CCN1Cc1cc2nc(-c3ccc(N)nc3)nc(N3CCOCC3)c2s1. The van der Waals surface area contributed by atoms with Crippen molar-refractivity contribution in [1.29, 1.82) is 0 Å². The van der Waals surface area contributed by atoms with Crippen molar-refractivity contribution < 1.29 is 14.6 Å². The standard InChI is InChI=1S/C23H29N7O3S/c1-15-12-30(20(32)14-31)5-4-29(15)13-17-10-18-21(34-17)23(28-6-8-33-9-7-28)27-22(26-18)16-2-3-19(24)25-11-16/h2-3,10-11,15,31H,4-9,12-14H2,1H3,(H2,24,25)/t15-/m0/s1. The largest absolute Gasteiger partial charge is 0.387 e. The normalized spacial score (nSPS) is 19.6. The topological polar surface area (TPSA) is 121 Å². The van der Waals surface area contributed by atoms with E-state index in [9.17, 15) is 4.79 Å². The predicted octanol–water partition coefficient (Wildman–Crippen LogP) is 1.20. The fourth-order valence-corrected chi connectivity index (χ4v) is 5.59. The van der Waals surface area contributed by atoms with Crippen molar-refractivity contribution in [2.24, 2.45) is 0 Å². The second-order valence-electron chi connectivity index (χ2n) is 8.69. The Morgan fingerprint density at radius 3 is 2.76 bits per heavy atom. The van der Waals surface area contributed by atoms with E-state index < -0.39 is 6.61 Å². The van der Waals surface area contributed by atoms with Gasteiger partial charge in [0.1, 0.15) is 12.4 Å². The van der Waals surface area contributed by atoms with Crippen molar-refractivity contribution in [3.8, 4) is 11.4 Å². The van der Waals surface area contributed by atoms with E-state index >= 15 is 0 Å². The zero-order chi connectivity index (χ0) is 23.7. The number of amides is 1. The molecular weight excluding hydrogens is 454 g/mol. The van der Waals surface area contributed by atoms with Crippen molar-refractivity contribution in [1.82, 2.24) is 24.8 Å². The van der Waals surface area contributed by atoms with Gasteiger partial charge in [-0.15, -0.1) is 11.3 Å². The van der Waals surface area contributed by atoms with Gasteiger partial charge >= 0.3 is 0 Å². The molecule has 2 aliphatic heterocycles. The number of hydrogen-bond donors (Lipinski definition) is 2. The number of rotatable bonds is 5. The number of anilines is 2. The highest BCUT2D eigenvalue weighted by atomic mass is 32.1. The van der Waals surface area contributed by atoms with E-state index in [1.165, 1.54) is 4.88 Å². The molecule has 180 valence electrons. The summed E-state index contributed by atoms with van der Waals surface area (Å²) >= 11 is 1.73. The summed E-state index contributed by atoms with van der Waals surface area (Å²) in [5, 5.41) is 9.17. The van der Waals surface area contributed by atoms with Gasteiger partial charge < -0.3 is 25.4 Å². The number of thiophene rings is 1. The molecule has 3 aromatic heterocycles. The monoisotopic (exact) mass is 483 g/mol. The van der Waals surface area contributed by atoms with Gasteiger partial charge in [0.15, 0.2) is 11.6 Å². The number of nitrogen functional groups attached to an aromatic ring is 1. The van der Waals surface area contributed by atoms with Crippen molar-refractivity contribution in [3.05, 3.63) is 29.3 Å². The van der Waals surface area contributed by atoms with Crippen LogP contribution in [0.5, 0.6) is 0 Å². The Labute approximate surface area is 202 Å². The molecule has 2 fully saturated rings. The third kappa shape index (κ3) is 4.69. The number of carbonyl (C=O) groups excluding carboxylic acids is 1. The molecule has 0 unspecified atom stereocenters. The fraction of sp³-hybridized carbons (Fsp3) is 0.478. The Balaban J connectivity index is 1.45. The molecule has 0 saturated carbocycles. The first-order chi connectivity index (χ1) is 16.5. The number of aliphatic hydroxyl groups is 1. The smallest absolute Gasteiger partial charge is 0.248 e. The van der Waals surface area contributed by atoms with Crippen LogP contribution in [0.25, 0.3) is 21.6 Å². The van der Waals surface area contributed by atoms with E-state index in [4.69, 9.17) is 25.5 Å². The zero-order valence-corrected chi connectivity index (χ0v) is 20.0. The Bertz CT molecular complexity index is 1160. The van der Waals surface area contributed by atoms with Gasteiger partial charge in [-0.3, -0.25) is 9.69 Å². The quantitative estimate of drug-likeness (QED) is 0.551. The lowest BCUT2D eigenvalue weighted by Crippen LogP contribution is -2.53. The molecule has 5 heterocycles. The van der Waals surface area contributed by atoms with Crippen molar-refractivity contribution in [3.63, 3.8) is 0 Å². The molecule has 5 rings (SSSR count). The first-order valence-electron chi connectivity index (χ1n) is 11.5. The molecule has 1 amide bonds. The third-order valence-electron chi connectivity index (χ3n) is 6.37. The van der Waals surface area contributed by atoms with Crippen LogP contribution in [-0.4, -0.2) is 94.4 Å². The second kappa shape index (κ2) is 9.79. The molecule has 1 atom stereocenters. The number of piperazine rings is 1. The van der Waals surface area contributed by atoms with Crippen LogP contribution in [0.2, 0.25) is 0 Å². The maximum Gasteiger partial charge on any atom is 0.248 e. The number of hydrogen-bond acceptors (Lipinski definition) is 10. The molecule has 0 aliphatic carbocycles. The van der Waals surface area contributed by atoms with Crippen LogP contribution in [0.15, 0.2) is 24.4 Å². The molecule has 0 bridgehead atoms. The Hall–Kier alpha value is -2.86. The molecule has 3 N–H and O–H groups in total. The summed E-state index contributed by atoms with van der Waals surface area (Å²) in [6.07, 6.45) is 1.71. The maximum atomic E-state index is 11.9. The Morgan fingerprint density at radius 1 is 1.24 bits per heavy atom. The highest BCUT2D eigenvalue weighted by Crippen LogP contribution is 2.35. The van der Waals surface area contributed by atoms with E-state index in [-0.39, 0.29) is 11.9 Å². The lowest BCUT2D eigenvalue weighted by atomic mass is 10.2. The summed E-state index contributed by atoms with van der Waals surface area (Å²) in [6, 6.07) is 6.02. The minimum atomic E-state index is -0.433. The fourth-order valence-electron chi connectivity index (χ4n) is 4.46. The highest BCUT2D eigenvalue weighted by Gasteiger charge is 2.27. The predicted molar refractivity (Wildman–Crippen MR) is 132 cm³/mol. The van der Waals surface area contributed by atoms with Gasteiger partial charge in [-0.25, -0.2) is 15.0 Å². The van der Waals surface area contributed by atoms with Gasteiger partial charge in [0.2, 0.25) is 5.91 Å². The number of aliphatic hydroxyl groups excluding tert-OH is 1. The van der Waals surface area contributed by atoms with Crippen LogP contribution in [0.1, 0.15) is 11.8 Å². The number of nitrogens with two attached hydrogens (primary N) is 1. The zero-order valence-electron chi connectivity index (χ0n) is 19.2. The van der Waals surface area contributed by atoms with Crippen LogP contribution in [-0.2, 0) is 16.1 Å². The number of ether oxygens (including phenoxy) is 1. The number of pyridine rings is 1. The molecule has 2 saturated heterocycles. The average molecular weight is 484 g/mol. The number of nitrogens with zero attached hydrogens (tertiary/aromatic N) is 6. The number of aromatic nitrogens is 3. The number of fused-ring (bicyclic) bond motifs is 1. The van der Waals surface area contributed by atoms with Crippen LogP contribution < -0.4 is 10.6 Å². The lowest BCUT2D eigenvalue weighted by molar-refractivity contribution is -0.137. The summed E-state index contributed by atoms with van der Waals surface area (Å²) in [6.45, 7) is 7.42. The van der Waals surface area contributed by atoms with Crippen molar-refractivity contribution in [2.45, 2.75) is 19.5 Å². The number of morpholine rings is 1. The minimum Gasteiger partial charge on any atom is -0.387 e. The molecule has 0 spiro atoms. The van der Waals surface area contributed by atoms with Gasteiger partial charge in [0.05, 0.1) is 23.4 Å². The van der Waals surface area contributed by atoms with Crippen molar-refractivity contribution >= 4 is 39.1 Å². The molecule has 0 aromatic carbocycles. The summed E-state index contributed by atoms with van der Waals surface area (Å²) in [5.74, 6) is 1.83. The van der Waals surface area contributed by atoms with Crippen LogP contribution in [0.3, 0.4) is 0 Å². The molecule has 2 aliphatic rings. The van der Waals surface area contributed by atoms with E-state index in [0.717, 1.165) is 47.8 Å². The van der Waals surface area contributed by atoms with Crippen LogP contribution >= 0.6 is 11.3 Å². The lowest BCUT2D eigenvalue weighted by Gasteiger charge is -2.39. The summed E-state index contributed by atoms with van der Waals surface area (Å²) < 4.78 is 6.63. The summed E-state index contributed by atoms with van der Waals surface area (Å²) in [5.41, 5.74) is 7.52. The molecule has 10 nitrogen and oxygen atoms in total. The molecule has 0 radical (unpaired) electrons. The van der Waals surface area contributed by atoms with E-state index in [0.29, 0.717) is 37.9 Å². The van der Waals surface area contributed by atoms with Crippen LogP contribution in [0.4, 0.5) is 11.6 Å². The van der Waals surface area contributed by atoms with E-state index in [2.05, 4.69) is 27.8 Å². The minimum absolute atomic E-state index is 0.204. The number of carbonyl (C=O) groups is 1. The second-order valence-corrected chi connectivity index (χ2v) is 9.82. The first kappa shape index (κ1) is 22.9. The molecule has 11 heteroatoms. The van der Waals surface area contributed by atoms with Gasteiger partial charge in [0.25, 0.3) is 0 Å². The molecule has 34 heavy (non-hydrogen) atoms. The maximum absolute atomic E-state index is 11.9. The Morgan fingerprint density at radius 2 is 2.06 bits per heavy atom. The molecular formula is C23H29N7O3S. The average Bonchev–Trinajstić information content (AvgIpc) is 3.27. The van der Waals surface area contributed by atoms with Gasteiger partial charge in [0, 0.05) is 61.9 Å². The van der Waals surface area contributed by atoms with Gasteiger partial charge in [-0.2, -0.15) is 0 Å². The molecule has 3 aromatic rings. The van der Waals surface area contributed by atoms with Gasteiger partial charge in [-0.1, -0.05) is 0 Å². The summed E-state index contributed by atoms with van der Waals surface area (Å²) in [4.78, 5) is 33.5. The Kier molecular flexibility index (Phi) is 6.59.